The number of methoxy groups -OCH3 is 1. The molecule has 5 heteroatoms. The number of aliphatic hydroxyl groups is 1. The van der Waals surface area contributed by atoms with E-state index in [1.807, 2.05) is 18.2 Å². The van der Waals surface area contributed by atoms with Gasteiger partial charge in [0.1, 0.15) is 10.7 Å². The van der Waals surface area contributed by atoms with Gasteiger partial charge in [-0.3, -0.25) is 0 Å². The summed E-state index contributed by atoms with van der Waals surface area (Å²) in [5.74, 6) is 0.788. The molecule has 0 spiro atoms. The van der Waals surface area contributed by atoms with Gasteiger partial charge in [0.25, 0.3) is 0 Å². The third-order valence-corrected chi connectivity index (χ3v) is 3.50. The third kappa shape index (κ3) is 2.73. The van der Waals surface area contributed by atoms with Crippen molar-refractivity contribution in [1.82, 2.24) is 0 Å². The van der Waals surface area contributed by atoms with E-state index in [2.05, 4.69) is 4.90 Å². The van der Waals surface area contributed by atoms with Gasteiger partial charge in [0.15, 0.2) is 0 Å². The summed E-state index contributed by atoms with van der Waals surface area (Å²) < 4.78 is 5.24. The first-order valence-electron chi connectivity index (χ1n) is 6.02. The lowest BCUT2D eigenvalue weighted by Crippen LogP contribution is -2.37. The summed E-state index contributed by atoms with van der Waals surface area (Å²) in [5.41, 5.74) is 7.61. The molecule has 1 saturated heterocycles. The maximum Gasteiger partial charge on any atom is 0.120 e. The zero-order chi connectivity index (χ0) is 13.1. The number of nitrogens with zero attached hydrogens (tertiary/aromatic N) is 1. The SMILES string of the molecule is COc1ccc(C(N)=S)c(N2CCC(O)CC2)c1. The Balaban J connectivity index is 2.31. The summed E-state index contributed by atoms with van der Waals surface area (Å²) in [5, 5.41) is 9.55. The molecule has 0 saturated carbocycles. The van der Waals surface area contributed by atoms with Crippen LogP contribution in [0.2, 0.25) is 0 Å². The number of anilines is 1. The van der Waals surface area contributed by atoms with Crippen molar-refractivity contribution in [2.75, 3.05) is 25.1 Å². The average molecular weight is 266 g/mol. The fourth-order valence-corrected chi connectivity index (χ4v) is 2.39. The minimum Gasteiger partial charge on any atom is -0.497 e. The van der Waals surface area contributed by atoms with E-state index in [1.165, 1.54) is 0 Å². The Morgan fingerprint density at radius 1 is 1.44 bits per heavy atom. The summed E-state index contributed by atoms with van der Waals surface area (Å²) in [6.45, 7) is 1.62. The van der Waals surface area contributed by atoms with Crippen LogP contribution in [-0.4, -0.2) is 36.4 Å². The van der Waals surface area contributed by atoms with Crippen LogP contribution in [0.3, 0.4) is 0 Å². The van der Waals surface area contributed by atoms with E-state index in [-0.39, 0.29) is 6.10 Å². The Morgan fingerprint density at radius 3 is 2.67 bits per heavy atom. The fourth-order valence-electron chi connectivity index (χ4n) is 2.22. The van der Waals surface area contributed by atoms with Crippen LogP contribution in [0.15, 0.2) is 18.2 Å². The number of ether oxygens (including phenoxy) is 1. The number of rotatable bonds is 3. The largest absolute Gasteiger partial charge is 0.497 e. The van der Waals surface area contributed by atoms with Crippen molar-refractivity contribution in [3.8, 4) is 5.75 Å². The first kappa shape index (κ1) is 13.1. The van der Waals surface area contributed by atoms with E-state index in [0.717, 1.165) is 42.9 Å². The minimum atomic E-state index is -0.194. The molecular weight excluding hydrogens is 248 g/mol. The van der Waals surface area contributed by atoms with E-state index in [9.17, 15) is 5.11 Å². The number of piperidine rings is 1. The van der Waals surface area contributed by atoms with Crippen LogP contribution in [0.25, 0.3) is 0 Å². The van der Waals surface area contributed by atoms with Crippen LogP contribution in [0, 0.1) is 0 Å². The first-order chi connectivity index (χ1) is 8.61. The highest BCUT2D eigenvalue weighted by Crippen LogP contribution is 2.28. The topological polar surface area (TPSA) is 58.7 Å². The van der Waals surface area contributed by atoms with Crippen molar-refractivity contribution in [2.45, 2.75) is 18.9 Å². The Labute approximate surface area is 112 Å². The molecular formula is C13H18N2O2S. The molecule has 2 rings (SSSR count). The third-order valence-electron chi connectivity index (χ3n) is 3.28. The minimum absolute atomic E-state index is 0.194. The van der Waals surface area contributed by atoms with Crippen LogP contribution in [0.4, 0.5) is 5.69 Å². The predicted molar refractivity (Wildman–Crippen MR) is 76.3 cm³/mol. The van der Waals surface area contributed by atoms with Crippen molar-refractivity contribution in [3.05, 3.63) is 23.8 Å². The summed E-state index contributed by atoms with van der Waals surface area (Å²) in [7, 11) is 1.64. The zero-order valence-electron chi connectivity index (χ0n) is 10.4. The molecule has 0 bridgehead atoms. The Bertz CT molecular complexity index is 443. The lowest BCUT2D eigenvalue weighted by molar-refractivity contribution is 0.145. The fraction of sp³-hybridized carbons (Fsp3) is 0.462. The van der Waals surface area contributed by atoms with Gasteiger partial charge in [-0.1, -0.05) is 12.2 Å². The normalized spacial score (nSPS) is 16.7. The van der Waals surface area contributed by atoms with Gasteiger partial charge in [-0.2, -0.15) is 0 Å². The Hall–Kier alpha value is -1.33. The number of benzene rings is 1. The van der Waals surface area contributed by atoms with Crippen LogP contribution in [0.5, 0.6) is 5.75 Å². The summed E-state index contributed by atoms with van der Waals surface area (Å²) in [6.07, 6.45) is 1.35. The van der Waals surface area contributed by atoms with E-state index in [0.29, 0.717) is 4.99 Å². The van der Waals surface area contributed by atoms with Gasteiger partial charge in [0.2, 0.25) is 0 Å². The monoisotopic (exact) mass is 266 g/mol. The second-order valence-corrected chi connectivity index (χ2v) is 4.91. The molecule has 0 radical (unpaired) electrons. The van der Waals surface area contributed by atoms with E-state index < -0.39 is 0 Å². The van der Waals surface area contributed by atoms with E-state index in [1.54, 1.807) is 7.11 Å². The predicted octanol–water partition coefficient (Wildman–Crippen LogP) is 1.29. The maximum atomic E-state index is 9.55. The molecule has 18 heavy (non-hydrogen) atoms. The standard InChI is InChI=1S/C13H18N2O2S/c1-17-10-2-3-11(13(14)18)12(8-10)15-6-4-9(16)5-7-15/h2-3,8-9,16H,4-7H2,1H3,(H2,14,18). The highest BCUT2D eigenvalue weighted by Gasteiger charge is 2.20. The molecule has 0 unspecified atom stereocenters. The van der Waals surface area contributed by atoms with Crippen molar-refractivity contribution in [1.29, 1.82) is 0 Å². The van der Waals surface area contributed by atoms with E-state index in [4.69, 9.17) is 22.7 Å². The second kappa shape index (κ2) is 5.54. The molecule has 0 amide bonds. The highest BCUT2D eigenvalue weighted by atomic mass is 32.1. The highest BCUT2D eigenvalue weighted by molar-refractivity contribution is 7.80. The molecule has 1 aliphatic rings. The Morgan fingerprint density at radius 2 is 2.11 bits per heavy atom. The Kier molecular flexibility index (Phi) is 4.04. The van der Waals surface area contributed by atoms with Gasteiger partial charge in [0.05, 0.1) is 18.9 Å². The number of hydrogen-bond acceptors (Lipinski definition) is 4. The van der Waals surface area contributed by atoms with Crippen LogP contribution < -0.4 is 15.4 Å². The van der Waals surface area contributed by atoms with Gasteiger partial charge >= 0.3 is 0 Å². The number of aliphatic hydroxyl groups excluding tert-OH is 1. The van der Waals surface area contributed by atoms with Crippen molar-refractivity contribution < 1.29 is 9.84 Å². The molecule has 98 valence electrons. The number of hydrogen-bond donors (Lipinski definition) is 2. The van der Waals surface area contributed by atoms with Crippen molar-refractivity contribution in [3.63, 3.8) is 0 Å². The van der Waals surface area contributed by atoms with Gasteiger partial charge in [0, 0.05) is 24.7 Å². The van der Waals surface area contributed by atoms with Crippen molar-refractivity contribution in [2.24, 2.45) is 5.73 Å². The quantitative estimate of drug-likeness (QED) is 0.807. The molecule has 3 N–H and O–H groups in total. The molecule has 1 aromatic rings. The van der Waals surface area contributed by atoms with Gasteiger partial charge < -0.3 is 20.5 Å². The lowest BCUT2D eigenvalue weighted by Gasteiger charge is -2.33. The maximum absolute atomic E-state index is 9.55. The van der Waals surface area contributed by atoms with Crippen LogP contribution in [0.1, 0.15) is 18.4 Å². The molecule has 1 heterocycles. The summed E-state index contributed by atoms with van der Waals surface area (Å²) >= 11 is 5.08. The molecule has 0 atom stereocenters. The van der Waals surface area contributed by atoms with Crippen LogP contribution >= 0.6 is 12.2 Å². The summed E-state index contributed by atoms with van der Waals surface area (Å²) in [4.78, 5) is 2.59. The molecule has 1 aliphatic heterocycles. The number of nitrogens with two attached hydrogens (primary N) is 1. The first-order valence-corrected chi connectivity index (χ1v) is 6.43. The molecule has 1 aromatic carbocycles. The average Bonchev–Trinajstić information content (AvgIpc) is 2.38. The molecule has 4 nitrogen and oxygen atoms in total. The van der Waals surface area contributed by atoms with Gasteiger partial charge in [-0.05, 0) is 25.0 Å². The molecule has 0 aliphatic carbocycles. The zero-order valence-corrected chi connectivity index (χ0v) is 11.2. The van der Waals surface area contributed by atoms with Gasteiger partial charge in [-0.15, -0.1) is 0 Å². The second-order valence-electron chi connectivity index (χ2n) is 4.47. The van der Waals surface area contributed by atoms with E-state index >= 15 is 0 Å². The smallest absolute Gasteiger partial charge is 0.120 e. The molecule has 0 aromatic heterocycles. The summed E-state index contributed by atoms with van der Waals surface area (Å²) in [6, 6.07) is 5.70. The van der Waals surface area contributed by atoms with Crippen molar-refractivity contribution >= 4 is 22.9 Å². The number of thiocarbonyl (C=S) groups is 1. The molecule has 1 fully saturated rings. The van der Waals surface area contributed by atoms with Crippen LogP contribution in [-0.2, 0) is 0 Å². The van der Waals surface area contributed by atoms with Gasteiger partial charge in [-0.25, -0.2) is 0 Å². The lowest BCUT2D eigenvalue weighted by atomic mass is 10.0.